The average molecular weight is 395 g/mol. The van der Waals surface area contributed by atoms with Crippen LogP contribution in [0.25, 0.3) is 0 Å². The van der Waals surface area contributed by atoms with Crippen molar-refractivity contribution in [1.82, 2.24) is 4.90 Å². The molecular formula is C25H34N2O2. The second kappa shape index (κ2) is 10.9. The molecule has 0 spiro atoms. The summed E-state index contributed by atoms with van der Waals surface area (Å²) in [5.41, 5.74) is 1.82. The Hall–Kier alpha value is -2.51. The molecule has 2 aromatic rings. The maximum atomic E-state index is 10.2. The normalized spacial score (nSPS) is 13.2. The highest BCUT2D eigenvalue weighted by Gasteiger charge is 2.36. The van der Waals surface area contributed by atoms with Crippen LogP contribution < -0.4 is 9.47 Å². The highest BCUT2D eigenvalue weighted by molar-refractivity contribution is 5.47. The van der Waals surface area contributed by atoms with E-state index >= 15 is 0 Å². The molecule has 0 saturated carbocycles. The van der Waals surface area contributed by atoms with Crippen LogP contribution in [0.4, 0.5) is 0 Å². The maximum absolute atomic E-state index is 10.2. The minimum Gasteiger partial charge on any atom is -0.493 e. The molecule has 2 aromatic carbocycles. The molecule has 0 aliphatic rings. The fourth-order valence-corrected chi connectivity index (χ4v) is 3.83. The molecule has 0 amide bonds. The number of ether oxygens (including phenoxy) is 2. The van der Waals surface area contributed by atoms with E-state index in [0.717, 1.165) is 37.9 Å². The Balaban J connectivity index is 2.04. The summed E-state index contributed by atoms with van der Waals surface area (Å²) in [5.74, 6) is 1.55. The Labute approximate surface area is 176 Å². The Morgan fingerprint density at radius 1 is 1.00 bits per heavy atom. The van der Waals surface area contributed by atoms with E-state index in [0.29, 0.717) is 11.5 Å². The van der Waals surface area contributed by atoms with Crippen molar-refractivity contribution in [3.63, 3.8) is 0 Å². The molecular weight excluding hydrogens is 360 g/mol. The fraction of sp³-hybridized carbons (Fsp3) is 0.480. The minimum absolute atomic E-state index is 0.195. The molecule has 0 saturated heterocycles. The smallest absolute Gasteiger partial charge is 0.161 e. The zero-order valence-electron chi connectivity index (χ0n) is 18.4. The maximum Gasteiger partial charge on any atom is 0.161 e. The van der Waals surface area contributed by atoms with Crippen molar-refractivity contribution >= 4 is 0 Å². The van der Waals surface area contributed by atoms with Gasteiger partial charge in [0.05, 0.1) is 25.7 Å². The highest BCUT2D eigenvalue weighted by Crippen LogP contribution is 2.40. The van der Waals surface area contributed by atoms with Gasteiger partial charge in [0.15, 0.2) is 11.5 Å². The first kappa shape index (κ1) is 22.8. The highest BCUT2D eigenvalue weighted by atomic mass is 16.5. The molecule has 0 aromatic heterocycles. The summed E-state index contributed by atoms with van der Waals surface area (Å²) in [6, 6.07) is 19.1. The van der Waals surface area contributed by atoms with Crippen LogP contribution in [-0.2, 0) is 11.8 Å². The van der Waals surface area contributed by atoms with Crippen molar-refractivity contribution in [3.8, 4) is 17.6 Å². The van der Waals surface area contributed by atoms with Gasteiger partial charge in [0.25, 0.3) is 0 Å². The van der Waals surface area contributed by atoms with Crippen LogP contribution in [-0.4, -0.2) is 39.3 Å². The Bertz CT molecular complexity index is 798. The molecule has 29 heavy (non-hydrogen) atoms. The van der Waals surface area contributed by atoms with E-state index in [1.807, 2.05) is 18.2 Å². The number of benzene rings is 2. The summed E-state index contributed by atoms with van der Waals surface area (Å²) in [5, 5.41) is 10.2. The van der Waals surface area contributed by atoms with E-state index in [-0.39, 0.29) is 5.92 Å². The summed E-state index contributed by atoms with van der Waals surface area (Å²) in [6.07, 6.45) is 2.82. The first-order valence-corrected chi connectivity index (χ1v) is 10.3. The lowest BCUT2D eigenvalue weighted by atomic mass is 9.69. The van der Waals surface area contributed by atoms with E-state index in [1.54, 1.807) is 14.2 Å². The summed E-state index contributed by atoms with van der Waals surface area (Å²) in [4.78, 5) is 2.35. The van der Waals surface area contributed by atoms with Crippen molar-refractivity contribution < 1.29 is 9.47 Å². The molecule has 0 fully saturated rings. The quantitative estimate of drug-likeness (QED) is 0.533. The minimum atomic E-state index is -0.542. The van der Waals surface area contributed by atoms with E-state index < -0.39 is 5.41 Å². The number of nitrogens with zero attached hydrogens (tertiary/aromatic N) is 2. The fourth-order valence-electron chi connectivity index (χ4n) is 3.83. The van der Waals surface area contributed by atoms with Crippen molar-refractivity contribution in [2.45, 2.75) is 38.5 Å². The predicted octanol–water partition coefficient (Wildman–Crippen LogP) is 5.08. The molecule has 0 bridgehead atoms. The van der Waals surface area contributed by atoms with Crippen LogP contribution in [0.3, 0.4) is 0 Å². The van der Waals surface area contributed by atoms with Gasteiger partial charge in [-0.2, -0.15) is 5.26 Å². The topological polar surface area (TPSA) is 45.5 Å². The van der Waals surface area contributed by atoms with E-state index in [9.17, 15) is 5.26 Å². The Morgan fingerprint density at radius 2 is 1.69 bits per heavy atom. The van der Waals surface area contributed by atoms with Gasteiger partial charge in [0, 0.05) is 6.54 Å². The first-order chi connectivity index (χ1) is 14.0. The van der Waals surface area contributed by atoms with Crippen molar-refractivity contribution in [1.29, 1.82) is 5.26 Å². The third kappa shape index (κ3) is 5.74. The third-order valence-corrected chi connectivity index (χ3v) is 5.82. The van der Waals surface area contributed by atoms with Gasteiger partial charge in [-0.15, -0.1) is 0 Å². The van der Waals surface area contributed by atoms with Gasteiger partial charge in [0.2, 0.25) is 0 Å². The van der Waals surface area contributed by atoms with Crippen LogP contribution in [0, 0.1) is 17.2 Å². The first-order valence-electron chi connectivity index (χ1n) is 10.3. The van der Waals surface area contributed by atoms with Gasteiger partial charge < -0.3 is 14.4 Å². The van der Waals surface area contributed by atoms with Gasteiger partial charge in [0.1, 0.15) is 0 Å². The number of likely N-dealkylation sites (N-methyl/N-ethyl adjacent to an activating group) is 1. The molecule has 1 atom stereocenters. The van der Waals surface area contributed by atoms with E-state index in [1.165, 1.54) is 5.56 Å². The van der Waals surface area contributed by atoms with Crippen molar-refractivity contribution in [2.75, 3.05) is 34.4 Å². The molecule has 156 valence electrons. The Kier molecular flexibility index (Phi) is 8.54. The van der Waals surface area contributed by atoms with Crippen molar-refractivity contribution in [2.24, 2.45) is 5.92 Å². The molecule has 2 rings (SSSR count). The number of hydrogen-bond acceptors (Lipinski definition) is 4. The second-order valence-corrected chi connectivity index (χ2v) is 7.95. The SMILES string of the molecule is COc1ccc(C(C#N)(CCCN(C)CCc2ccccc2)C(C)C)cc1OC. The predicted molar refractivity (Wildman–Crippen MR) is 119 cm³/mol. The molecule has 0 aliphatic heterocycles. The van der Waals surface area contributed by atoms with Crippen molar-refractivity contribution in [3.05, 3.63) is 59.7 Å². The van der Waals surface area contributed by atoms with Crippen LogP contribution in [0.1, 0.15) is 37.8 Å². The zero-order chi connectivity index (χ0) is 21.3. The van der Waals surface area contributed by atoms with Gasteiger partial charge in [-0.3, -0.25) is 0 Å². The Morgan fingerprint density at radius 3 is 2.28 bits per heavy atom. The summed E-state index contributed by atoms with van der Waals surface area (Å²) < 4.78 is 10.8. The third-order valence-electron chi connectivity index (χ3n) is 5.82. The largest absolute Gasteiger partial charge is 0.493 e. The summed E-state index contributed by atoms with van der Waals surface area (Å²) in [6.45, 7) is 6.23. The average Bonchev–Trinajstić information content (AvgIpc) is 2.75. The molecule has 4 heteroatoms. The molecule has 0 heterocycles. The summed E-state index contributed by atoms with van der Waals surface area (Å²) in [7, 11) is 5.42. The molecule has 1 unspecified atom stereocenters. The monoisotopic (exact) mass is 394 g/mol. The molecule has 0 N–H and O–H groups in total. The lowest BCUT2D eigenvalue weighted by Gasteiger charge is -2.32. The number of hydrogen-bond donors (Lipinski definition) is 0. The van der Waals surface area contributed by atoms with Gasteiger partial charge in [-0.05, 0) is 62.0 Å². The molecule has 0 radical (unpaired) electrons. The van der Waals surface area contributed by atoms with E-state index in [4.69, 9.17) is 9.47 Å². The zero-order valence-corrected chi connectivity index (χ0v) is 18.4. The number of methoxy groups -OCH3 is 2. The van der Waals surface area contributed by atoms with Gasteiger partial charge in [-0.1, -0.05) is 50.2 Å². The van der Waals surface area contributed by atoms with Crippen LogP contribution >= 0.6 is 0 Å². The van der Waals surface area contributed by atoms with Crippen LogP contribution in [0.5, 0.6) is 11.5 Å². The van der Waals surface area contributed by atoms with Crippen LogP contribution in [0.15, 0.2) is 48.5 Å². The standard InChI is InChI=1S/C25H34N2O2/c1-20(2)25(19-26,22-12-13-23(28-4)24(18-22)29-5)15-9-16-27(3)17-14-21-10-7-6-8-11-21/h6-8,10-13,18,20H,9,14-17H2,1-5H3. The van der Waals surface area contributed by atoms with Gasteiger partial charge in [-0.25, -0.2) is 0 Å². The van der Waals surface area contributed by atoms with Gasteiger partial charge >= 0.3 is 0 Å². The lowest BCUT2D eigenvalue weighted by Crippen LogP contribution is -2.32. The lowest BCUT2D eigenvalue weighted by molar-refractivity contribution is 0.292. The molecule has 0 aliphatic carbocycles. The molecule has 4 nitrogen and oxygen atoms in total. The summed E-state index contributed by atoms with van der Waals surface area (Å²) >= 11 is 0. The number of rotatable bonds is 11. The number of nitriles is 1. The van der Waals surface area contributed by atoms with Crippen LogP contribution in [0.2, 0.25) is 0 Å². The second-order valence-electron chi connectivity index (χ2n) is 7.95. The van der Waals surface area contributed by atoms with E-state index in [2.05, 4.69) is 62.2 Å².